The number of hydrogen-bond acceptors (Lipinski definition) is 3. The molecule has 3 heteroatoms. The molecule has 0 aliphatic carbocycles. The number of aliphatic hydroxyl groups excluding tert-OH is 1. The van der Waals surface area contributed by atoms with Gasteiger partial charge in [0, 0.05) is 16.0 Å². The molecule has 0 radical (unpaired) electrons. The average Bonchev–Trinajstić information content (AvgIpc) is 2.39. The van der Waals surface area contributed by atoms with Gasteiger partial charge in [-0.05, 0) is 37.6 Å². The van der Waals surface area contributed by atoms with E-state index in [4.69, 9.17) is 0 Å². The summed E-state index contributed by atoms with van der Waals surface area (Å²) in [6.07, 6.45) is 2.06. The monoisotopic (exact) mass is 259 g/mol. The van der Waals surface area contributed by atoms with E-state index in [1.807, 2.05) is 25.3 Å². The Morgan fingerprint density at radius 3 is 2.67 bits per heavy atom. The summed E-state index contributed by atoms with van der Waals surface area (Å²) in [6, 6.07) is 12.3. The van der Waals surface area contributed by atoms with E-state index in [0.29, 0.717) is 6.42 Å². The Labute approximate surface area is 112 Å². The van der Waals surface area contributed by atoms with E-state index in [1.165, 1.54) is 10.5 Å². The van der Waals surface area contributed by atoms with Crippen LogP contribution >= 0.6 is 11.8 Å². The van der Waals surface area contributed by atoms with Gasteiger partial charge in [-0.15, -0.1) is 0 Å². The first-order valence-electron chi connectivity index (χ1n) is 6.07. The van der Waals surface area contributed by atoms with Crippen molar-refractivity contribution in [1.29, 1.82) is 0 Å². The lowest BCUT2D eigenvalue weighted by atomic mass is 10.2. The predicted molar refractivity (Wildman–Crippen MR) is 74.8 cm³/mol. The van der Waals surface area contributed by atoms with E-state index in [9.17, 15) is 5.11 Å². The fraction of sp³-hybridized carbons (Fsp3) is 0.267. The summed E-state index contributed by atoms with van der Waals surface area (Å²) < 4.78 is 0. The SMILES string of the molecule is CCC(O)c1ccc(Sc2cccc(C)c2)cn1. The Balaban J connectivity index is 2.11. The van der Waals surface area contributed by atoms with Crippen LogP contribution in [0.2, 0.25) is 0 Å². The molecule has 0 aliphatic heterocycles. The molecule has 0 fully saturated rings. The zero-order valence-electron chi connectivity index (χ0n) is 10.6. The molecule has 1 N–H and O–H groups in total. The largest absolute Gasteiger partial charge is 0.387 e. The fourth-order valence-corrected chi connectivity index (χ4v) is 2.58. The highest BCUT2D eigenvalue weighted by Crippen LogP contribution is 2.28. The number of nitrogens with zero attached hydrogens (tertiary/aromatic N) is 1. The van der Waals surface area contributed by atoms with Gasteiger partial charge in [0.25, 0.3) is 0 Å². The first-order chi connectivity index (χ1) is 8.69. The molecule has 2 aromatic rings. The Bertz CT molecular complexity index is 510. The summed E-state index contributed by atoms with van der Waals surface area (Å²) in [4.78, 5) is 6.60. The molecule has 0 bridgehead atoms. The first-order valence-corrected chi connectivity index (χ1v) is 6.89. The van der Waals surface area contributed by atoms with Crippen LogP contribution in [-0.2, 0) is 0 Å². The minimum atomic E-state index is -0.456. The van der Waals surface area contributed by atoms with Crippen LogP contribution in [0, 0.1) is 6.92 Å². The molecule has 1 heterocycles. The number of aromatic nitrogens is 1. The summed E-state index contributed by atoms with van der Waals surface area (Å²) >= 11 is 1.69. The number of hydrogen-bond donors (Lipinski definition) is 1. The van der Waals surface area contributed by atoms with Gasteiger partial charge >= 0.3 is 0 Å². The fourth-order valence-electron chi connectivity index (χ4n) is 1.67. The number of aliphatic hydroxyl groups is 1. The summed E-state index contributed by atoms with van der Waals surface area (Å²) in [5, 5.41) is 9.68. The van der Waals surface area contributed by atoms with Gasteiger partial charge in [0.1, 0.15) is 0 Å². The summed E-state index contributed by atoms with van der Waals surface area (Å²) in [6.45, 7) is 4.03. The predicted octanol–water partition coefficient (Wildman–Crippen LogP) is 3.98. The van der Waals surface area contributed by atoms with Gasteiger partial charge in [0.15, 0.2) is 0 Å². The van der Waals surface area contributed by atoms with Gasteiger partial charge in [-0.1, -0.05) is 36.4 Å². The molecule has 2 rings (SSSR count). The van der Waals surface area contributed by atoms with Gasteiger partial charge in [-0.2, -0.15) is 0 Å². The van der Waals surface area contributed by atoms with Gasteiger partial charge in [-0.25, -0.2) is 0 Å². The summed E-state index contributed by atoms with van der Waals surface area (Å²) in [7, 11) is 0. The van der Waals surface area contributed by atoms with Crippen LogP contribution in [0.4, 0.5) is 0 Å². The van der Waals surface area contributed by atoms with E-state index in [2.05, 4.69) is 36.2 Å². The lowest BCUT2D eigenvalue weighted by Gasteiger charge is -2.08. The second kappa shape index (κ2) is 6.03. The number of benzene rings is 1. The molecule has 1 unspecified atom stereocenters. The Kier molecular flexibility index (Phi) is 4.39. The normalized spacial score (nSPS) is 12.4. The molecule has 1 aromatic heterocycles. The van der Waals surface area contributed by atoms with Crippen molar-refractivity contribution < 1.29 is 5.11 Å². The van der Waals surface area contributed by atoms with E-state index in [1.54, 1.807) is 11.8 Å². The molecule has 0 spiro atoms. The van der Waals surface area contributed by atoms with E-state index in [0.717, 1.165) is 10.6 Å². The minimum absolute atomic E-state index is 0.456. The Hall–Kier alpha value is -1.32. The lowest BCUT2D eigenvalue weighted by molar-refractivity contribution is 0.169. The van der Waals surface area contributed by atoms with Crippen molar-refractivity contribution in [2.45, 2.75) is 36.2 Å². The van der Waals surface area contributed by atoms with Crippen molar-refractivity contribution in [3.8, 4) is 0 Å². The minimum Gasteiger partial charge on any atom is -0.387 e. The lowest BCUT2D eigenvalue weighted by Crippen LogP contribution is -1.97. The van der Waals surface area contributed by atoms with E-state index < -0.39 is 6.10 Å². The maximum Gasteiger partial charge on any atom is 0.0957 e. The number of aryl methyl sites for hydroxylation is 1. The second-order valence-electron chi connectivity index (χ2n) is 4.26. The quantitative estimate of drug-likeness (QED) is 0.901. The zero-order valence-corrected chi connectivity index (χ0v) is 11.4. The molecule has 18 heavy (non-hydrogen) atoms. The Morgan fingerprint density at radius 1 is 1.22 bits per heavy atom. The van der Waals surface area contributed by atoms with Crippen LogP contribution in [-0.4, -0.2) is 10.1 Å². The van der Waals surface area contributed by atoms with Crippen molar-refractivity contribution >= 4 is 11.8 Å². The van der Waals surface area contributed by atoms with Gasteiger partial charge in [-0.3, -0.25) is 4.98 Å². The third kappa shape index (κ3) is 3.34. The molecule has 1 atom stereocenters. The molecule has 1 aromatic carbocycles. The first kappa shape index (κ1) is 13.1. The van der Waals surface area contributed by atoms with Crippen molar-refractivity contribution in [1.82, 2.24) is 4.98 Å². The van der Waals surface area contributed by atoms with Crippen LogP contribution in [0.15, 0.2) is 52.4 Å². The molecule has 0 aliphatic rings. The Morgan fingerprint density at radius 2 is 2.06 bits per heavy atom. The third-order valence-corrected chi connectivity index (χ3v) is 3.68. The number of rotatable bonds is 4. The van der Waals surface area contributed by atoms with Gasteiger partial charge in [0.05, 0.1) is 11.8 Å². The van der Waals surface area contributed by atoms with Gasteiger partial charge in [0.2, 0.25) is 0 Å². The average molecular weight is 259 g/mol. The maximum atomic E-state index is 9.68. The summed E-state index contributed by atoms with van der Waals surface area (Å²) in [5.74, 6) is 0. The van der Waals surface area contributed by atoms with Crippen molar-refractivity contribution in [3.63, 3.8) is 0 Å². The third-order valence-electron chi connectivity index (χ3n) is 2.71. The molecule has 0 amide bonds. The topological polar surface area (TPSA) is 33.1 Å². The van der Waals surface area contributed by atoms with Crippen LogP contribution < -0.4 is 0 Å². The van der Waals surface area contributed by atoms with Crippen LogP contribution in [0.1, 0.15) is 30.7 Å². The number of pyridine rings is 1. The zero-order chi connectivity index (χ0) is 13.0. The van der Waals surface area contributed by atoms with Crippen molar-refractivity contribution in [2.75, 3.05) is 0 Å². The molecule has 0 saturated carbocycles. The maximum absolute atomic E-state index is 9.68. The van der Waals surface area contributed by atoms with Crippen LogP contribution in [0.3, 0.4) is 0 Å². The standard InChI is InChI=1S/C15H17NOS/c1-3-15(17)14-8-7-13(10-16-14)18-12-6-4-5-11(2)9-12/h4-10,15,17H,3H2,1-2H3. The van der Waals surface area contributed by atoms with Crippen molar-refractivity contribution in [3.05, 3.63) is 53.9 Å². The molecular weight excluding hydrogens is 242 g/mol. The van der Waals surface area contributed by atoms with Gasteiger partial charge < -0.3 is 5.11 Å². The van der Waals surface area contributed by atoms with Crippen molar-refractivity contribution in [2.24, 2.45) is 0 Å². The molecule has 2 nitrogen and oxygen atoms in total. The highest BCUT2D eigenvalue weighted by atomic mass is 32.2. The van der Waals surface area contributed by atoms with E-state index >= 15 is 0 Å². The molecule has 0 saturated heterocycles. The van der Waals surface area contributed by atoms with Crippen LogP contribution in [0.25, 0.3) is 0 Å². The second-order valence-corrected chi connectivity index (χ2v) is 5.41. The van der Waals surface area contributed by atoms with E-state index in [-0.39, 0.29) is 0 Å². The molecule has 94 valence electrons. The highest BCUT2D eigenvalue weighted by Gasteiger charge is 2.06. The summed E-state index contributed by atoms with van der Waals surface area (Å²) in [5.41, 5.74) is 2.00. The highest BCUT2D eigenvalue weighted by molar-refractivity contribution is 7.99. The van der Waals surface area contributed by atoms with Crippen LogP contribution in [0.5, 0.6) is 0 Å². The molecular formula is C15H17NOS. The smallest absolute Gasteiger partial charge is 0.0957 e.